The van der Waals surface area contributed by atoms with E-state index in [0.29, 0.717) is 11.4 Å². The van der Waals surface area contributed by atoms with E-state index in [0.717, 1.165) is 24.1 Å². The second-order valence-electron chi connectivity index (χ2n) is 4.90. The average molecular weight is 295 g/mol. The van der Waals surface area contributed by atoms with Crippen LogP contribution in [0.15, 0.2) is 29.4 Å². The molecule has 3 nitrogen and oxygen atoms in total. The van der Waals surface area contributed by atoms with E-state index in [1.807, 2.05) is 31.2 Å². The van der Waals surface area contributed by atoms with Crippen molar-refractivity contribution >= 4 is 23.2 Å². The van der Waals surface area contributed by atoms with Crippen LogP contribution in [0.2, 0.25) is 5.02 Å². The normalized spacial score (nSPS) is 11.4. The molecule has 1 aromatic rings. The SMILES string of the molecule is CCCCCCCC(=O)NN=C(C)c1ccc(Cl)cc1. The minimum Gasteiger partial charge on any atom is -0.273 e. The van der Waals surface area contributed by atoms with Gasteiger partial charge >= 0.3 is 0 Å². The van der Waals surface area contributed by atoms with Gasteiger partial charge in [0.1, 0.15) is 0 Å². The molecule has 1 rings (SSSR count). The molecule has 0 aliphatic heterocycles. The third-order valence-corrected chi connectivity index (χ3v) is 3.37. The number of rotatable bonds is 8. The molecular formula is C16H23ClN2O. The van der Waals surface area contributed by atoms with Crippen LogP contribution >= 0.6 is 11.6 Å². The molecule has 0 aliphatic carbocycles. The summed E-state index contributed by atoms with van der Waals surface area (Å²) in [5.41, 5.74) is 4.34. The molecule has 0 heterocycles. The number of halogens is 1. The monoisotopic (exact) mass is 294 g/mol. The molecule has 0 saturated heterocycles. The van der Waals surface area contributed by atoms with E-state index in [1.165, 1.54) is 19.3 Å². The van der Waals surface area contributed by atoms with Gasteiger partial charge in [-0.3, -0.25) is 4.79 Å². The zero-order valence-corrected chi connectivity index (χ0v) is 13.0. The quantitative estimate of drug-likeness (QED) is 0.427. The Morgan fingerprint density at radius 1 is 1.15 bits per heavy atom. The van der Waals surface area contributed by atoms with Crippen LogP contribution in [-0.2, 0) is 4.79 Å². The van der Waals surface area contributed by atoms with Crippen LogP contribution in [0.4, 0.5) is 0 Å². The molecule has 110 valence electrons. The van der Waals surface area contributed by atoms with Gasteiger partial charge in [-0.1, -0.05) is 56.3 Å². The fourth-order valence-corrected chi connectivity index (χ4v) is 1.97. The van der Waals surface area contributed by atoms with Crippen LogP contribution < -0.4 is 5.43 Å². The highest BCUT2D eigenvalue weighted by atomic mass is 35.5. The highest BCUT2D eigenvalue weighted by molar-refractivity contribution is 6.30. The van der Waals surface area contributed by atoms with Crippen molar-refractivity contribution in [2.45, 2.75) is 52.4 Å². The van der Waals surface area contributed by atoms with Crippen LogP contribution in [0, 0.1) is 0 Å². The van der Waals surface area contributed by atoms with Gasteiger partial charge in [0.15, 0.2) is 0 Å². The molecule has 1 amide bonds. The predicted octanol–water partition coefficient (Wildman–Crippen LogP) is 4.54. The summed E-state index contributed by atoms with van der Waals surface area (Å²) >= 11 is 5.83. The van der Waals surface area contributed by atoms with E-state index < -0.39 is 0 Å². The summed E-state index contributed by atoms with van der Waals surface area (Å²) in [7, 11) is 0. The molecule has 0 atom stereocenters. The zero-order valence-electron chi connectivity index (χ0n) is 12.3. The van der Waals surface area contributed by atoms with Crippen molar-refractivity contribution in [2.75, 3.05) is 0 Å². The van der Waals surface area contributed by atoms with Crippen LogP contribution in [-0.4, -0.2) is 11.6 Å². The van der Waals surface area contributed by atoms with Crippen LogP contribution in [0.5, 0.6) is 0 Å². The van der Waals surface area contributed by atoms with Gasteiger partial charge in [-0.2, -0.15) is 5.10 Å². The van der Waals surface area contributed by atoms with Gasteiger partial charge in [0.05, 0.1) is 5.71 Å². The number of hydrazone groups is 1. The molecule has 0 aliphatic rings. The lowest BCUT2D eigenvalue weighted by molar-refractivity contribution is -0.121. The Kier molecular flexibility index (Phi) is 7.97. The van der Waals surface area contributed by atoms with Gasteiger partial charge in [-0.15, -0.1) is 0 Å². The first-order chi connectivity index (χ1) is 9.63. The van der Waals surface area contributed by atoms with E-state index in [-0.39, 0.29) is 5.91 Å². The zero-order chi connectivity index (χ0) is 14.8. The molecule has 0 fully saturated rings. The van der Waals surface area contributed by atoms with Crippen molar-refractivity contribution in [2.24, 2.45) is 5.10 Å². The Balaban J connectivity index is 2.31. The van der Waals surface area contributed by atoms with E-state index in [4.69, 9.17) is 11.6 Å². The average Bonchev–Trinajstić information content (AvgIpc) is 2.45. The first-order valence-corrected chi connectivity index (χ1v) is 7.60. The number of benzene rings is 1. The number of hydrogen-bond donors (Lipinski definition) is 1. The van der Waals surface area contributed by atoms with E-state index in [9.17, 15) is 4.79 Å². The third-order valence-electron chi connectivity index (χ3n) is 3.12. The van der Waals surface area contributed by atoms with Crippen molar-refractivity contribution < 1.29 is 4.79 Å². The van der Waals surface area contributed by atoms with Gasteiger partial charge in [0.2, 0.25) is 5.91 Å². The van der Waals surface area contributed by atoms with Crippen molar-refractivity contribution in [3.05, 3.63) is 34.9 Å². The first-order valence-electron chi connectivity index (χ1n) is 7.22. The highest BCUT2D eigenvalue weighted by Crippen LogP contribution is 2.10. The maximum absolute atomic E-state index is 11.6. The van der Waals surface area contributed by atoms with Crippen LogP contribution in [0.25, 0.3) is 0 Å². The number of amides is 1. The van der Waals surface area contributed by atoms with E-state index in [2.05, 4.69) is 17.5 Å². The Bertz CT molecular complexity index is 440. The molecule has 0 aromatic heterocycles. The lowest BCUT2D eigenvalue weighted by atomic mass is 10.1. The number of carbonyl (C=O) groups excluding carboxylic acids is 1. The summed E-state index contributed by atoms with van der Waals surface area (Å²) in [4.78, 5) is 11.6. The molecule has 1 N–H and O–H groups in total. The summed E-state index contributed by atoms with van der Waals surface area (Å²) < 4.78 is 0. The van der Waals surface area contributed by atoms with Crippen LogP contribution in [0.3, 0.4) is 0 Å². The summed E-state index contributed by atoms with van der Waals surface area (Å²) in [6.07, 6.45) is 6.26. The van der Waals surface area contributed by atoms with Crippen LogP contribution in [0.1, 0.15) is 57.9 Å². The Morgan fingerprint density at radius 3 is 2.45 bits per heavy atom. The van der Waals surface area contributed by atoms with Crippen molar-refractivity contribution in [3.63, 3.8) is 0 Å². The Hall–Kier alpha value is -1.35. The second-order valence-corrected chi connectivity index (χ2v) is 5.34. The van der Waals surface area contributed by atoms with Gasteiger partial charge < -0.3 is 0 Å². The fourth-order valence-electron chi connectivity index (χ4n) is 1.85. The molecule has 0 unspecified atom stereocenters. The van der Waals surface area contributed by atoms with Gasteiger partial charge in [-0.05, 0) is 31.0 Å². The lowest BCUT2D eigenvalue weighted by Crippen LogP contribution is -2.18. The Morgan fingerprint density at radius 2 is 1.80 bits per heavy atom. The summed E-state index contributed by atoms with van der Waals surface area (Å²) in [6.45, 7) is 4.05. The van der Waals surface area contributed by atoms with Crippen molar-refractivity contribution in [1.29, 1.82) is 0 Å². The number of nitrogens with zero attached hydrogens (tertiary/aromatic N) is 1. The number of nitrogens with one attached hydrogen (secondary N) is 1. The number of carbonyl (C=O) groups is 1. The Labute approximate surface area is 126 Å². The number of unbranched alkanes of at least 4 members (excludes halogenated alkanes) is 4. The van der Waals surface area contributed by atoms with Gasteiger partial charge in [0.25, 0.3) is 0 Å². The predicted molar refractivity (Wildman–Crippen MR) is 85.2 cm³/mol. The first kappa shape index (κ1) is 16.7. The lowest BCUT2D eigenvalue weighted by Gasteiger charge is -2.03. The third kappa shape index (κ3) is 6.71. The second kappa shape index (κ2) is 9.54. The topological polar surface area (TPSA) is 41.5 Å². The molecule has 0 spiro atoms. The molecule has 0 bridgehead atoms. The molecule has 4 heteroatoms. The summed E-state index contributed by atoms with van der Waals surface area (Å²) in [5.74, 6) is -0.0187. The maximum atomic E-state index is 11.6. The molecule has 0 saturated carbocycles. The van der Waals surface area contributed by atoms with E-state index in [1.54, 1.807) is 0 Å². The number of hydrogen-bond acceptors (Lipinski definition) is 2. The highest BCUT2D eigenvalue weighted by Gasteiger charge is 2.01. The minimum atomic E-state index is -0.0187. The maximum Gasteiger partial charge on any atom is 0.240 e. The molecule has 20 heavy (non-hydrogen) atoms. The fraction of sp³-hybridized carbons (Fsp3) is 0.500. The van der Waals surface area contributed by atoms with Crippen molar-refractivity contribution in [3.8, 4) is 0 Å². The van der Waals surface area contributed by atoms with E-state index >= 15 is 0 Å². The van der Waals surface area contributed by atoms with Crippen molar-refractivity contribution in [1.82, 2.24) is 5.43 Å². The summed E-state index contributed by atoms with van der Waals surface area (Å²) in [6, 6.07) is 7.40. The molecule has 0 radical (unpaired) electrons. The standard InChI is InChI=1S/C16H23ClN2O/c1-3-4-5-6-7-8-16(20)19-18-13(2)14-9-11-15(17)12-10-14/h9-12H,3-8H2,1-2H3,(H,19,20). The molecule has 1 aromatic carbocycles. The smallest absolute Gasteiger partial charge is 0.240 e. The van der Waals surface area contributed by atoms with Gasteiger partial charge in [0, 0.05) is 11.4 Å². The summed E-state index contributed by atoms with van der Waals surface area (Å²) in [5, 5.41) is 4.81. The minimum absolute atomic E-state index is 0.0187. The largest absolute Gasteiger partial charge is 0.273 e. The molecular weight excluding hydrogens is 272 g/mol. The van der Waals surface area contributed by atoms with Gasteiger partial charge in [-0.25, -0.2) is 5.43 Å².